The van der Waals surface area contributed by atoms with Crippen molar-refractivity contribution >= 4 is 5.69 Å². The van der Waals surface area contributed by atoms with Crippen LogP contribution in [0, 0.1) is 23.8 Å². The topological polar surface area (TPSA) is 15.7 Å². The minimum atomic E-state index is 0.836. The van der Waals surface area contributed by atoms with Gasteiger partial charge in [-0.25, -0.2) is 0 Å². The third-order valence-corrected chi connectivity index (χ3v) is 3.97. The number of benzene rings is 2. The van der Waals surface area contributed by atoms with Crippen molar-refractivity contribution in [3.63, 3.8) is 0 Å². The first-order chi connectivity index (χ1) is 11.8. The van der Waals surface area contributed by atoms with Crippen LogP contribution in [-0.4, -0.2) is 38.2 Å². The van der Waals surface area contributed by atoms with Crippen LogP contribution in [-0.2, 0) is 0 Å². The SMILES string of the molecule is COc1ccc(C#CC#CN2CCN(c3ccccc3)CC2)cc1. The quantitative estimate of drug-likeness (QED) is 0.793. The van der Waals surface area contributed by atoms with Gasteiger partial charge in [0, 0.05) is 49.4 Å². The first-order valence-electron chi connectivity index (χ1n) is 8.06. The number of nitrogens with zero attached hydrogens (tertiary/aromatic N) is 2. The van der Waals surface area contributed by atoms with Gasteiger partial charge in [0.2, 0.25) is 0 Å². The van der Waals surface area contributed by atoms with E-state index in [2.05, 4.69) is 57.9 Å². The maximum absolute atomic E-state index is 5.13. The molecule has 24 heavy (non-hydrogen) atoms. The smallest absolute Gasteiger partial charge is 0.118 e. The van der Waals surface area contributed by atoms with E-state index in [1.54, 1.807) is 7.11 Å². The van der Waals surface area contributed by atoms with E-state index in [1.807, 2.05) is 30.3 Å². The molecule has 0 atom stereocenters. The van der Waals surface area contributed by atoms with Crippen molar-refractivity contribution in [3.8, 4) is 29.6 Å². The van der Waals surface area contributed by atoms with Crippen LogP contribution in [0.5, 0.6) is 5.75 Å². The van der Waals surface area contributed by atoms with Crippen molar-refractivity contribution in [2.45, 2.75) is 0 Å². The van der Waals surface area contributed by atoms with Crippen molar-refractivity contribution in [3.05, 3.63) is 60.2 Å². The number of hydrogen-bond donors (Lipinski definition) is 0. The fourth-order valence-corrected chi connectivity index (χ4v) is 2.60. The molecule has 3 rings (SSSR count). The predicted octanol–water partition coefficient (Wildman–Crippen LogP) is 2.83. The molecule has 0 N–H and O–H groups in total. The van der Waals surface area contributed by atoms with Crippen LogP contribution in [0.15, 0.2) is 54.6 Å². The van der Waals surface area contributed by atoms with Crippen LogP contribution in [0.1, 0.15) is 5.56 Å². The van der Waals surface area contributed by atoms with Gasteiger partial charge in [-0.2, -0.15) is 0 Å². The van der Waals surface area contributed by atoms with E-state index in [0.717, 1.165) is 37.5 Å². The number of anilines is 1. The molecule has 1 aliphatic rings. The van der Waals surface area contributed by atoms with Crippen LogP contribution in [0.2, 0.25) is 0 Å². The lowest BCUT2D eigenvalue weighted by atomic mass is 10.2. The first kappa shape index (κ1) is 15.8. The molecule has 0 saturated carbocycles. The van der Waals surface area contributed by atoms with Gasteiger partial charge in [-0.3, -0.25) is 0 Å². The molecule has 2 aromatic carbocycles. The van der Waals surface area contributed by atoms with E-state index in [-0.39, 0.29) is 0 Å². The van der Waals surface area contributed by atoms with Crippen LogP contribution >= 0.6 is 0 Å². The Morgan fingerprint density at radius 3 is 2.21 bits per heavy atom. The van der Waals surface area contributed by atoms with Crippen LogP contribution in [0.25, 0.3) is 0 Å². The molecule has 3 heteroatoms. The van der Waals surface area contributed by atoms with Gasteiger partial charge in [-0.05, 0) is 42.3 Å². The molecule has 0 aliphatic carbocycles. The van der Waals surface area contributed by atoms with Gasteiger partial charge in [-0.15, -0.1) is 0 Å². The fraction of sp³-hybridized carbons (Fsp3) is 0.238. The van der Waals surface area contributed by atoms with Gasteiger partial charge in [-0.1, -0.05) is 24.1 Å². The van der Waals surface area contributed by atoms with Gasteiger partial charge < -0.3 is 14.5 Å². The average molecular weight is 316 g/mol. The second-order valence-electron chi connectivity index (χ2n) is 5.52. The largest absolute Gasteiger partial charge is 0.497 e. The second-order valence-corrected chi connectivity index (χ2v) is 5.52. The Kier molecular flexibility index (Phi) is 5.28. The highest BCUT2D eigenvalue weighted by Gasteiger charge is 2.14. The third-order valence-electron chi connectivity index (χ3n) is 3.97. The van der Waals surface area contributed by atoms with E-state index in [4.69, 9.17) is 4.74 Å². The summed E-state index contributed by atoms with van der Waals surface area (Å²) in [5.41, 5.74) is 2.23. The molecule has 0 spiro atoms. The van der Waals surface area contributed by atoms with Crippen molar-refractivity contribution in [1.82, 2.24) is 4.90 Å². The molecule has 120 valence electrons. The summed E-state index contributed by atoms with van der Waals surface area (Å²) in [5.74, 6) is 9.76. The molecule has 1 heterocycles. The molecule has 0 amide bonds. The Morgan fingerprint density at radius 1 is 0.833 bits per heavy atom. The number of hydrogen-bond acceptors (Lipinski definition) is 3. The lowest BCUT2D eigenvalue weighted by Crippen LogP contribution is -2.44. The molecular formula is C21H20N2O. The average Bonchev–Trinajstić information content (AvgIpc) is 2.67. The summed E-state index contributed by atoms with van der Waals surface area (Å²) in [7, 11) is 1.66. The summed E-state index contributed by atoms with van der Waals surface area (Å²) in [5, 5.41) is 0. The lowest BCUT2D eigenvalue weighted by molar-refractivity contribution is 0.368. The highest BCUT2D eigenvalue weighted by Crippen LogP contribution is 2.15. The van der Waals surface area contributed by atoms with E-state index >= 15 is 0 Å². The molecule has 2 aromatic rings. The standard InChI is InChI=1S/C21H20N2O/c1-24-21-12-10-19(11-13-21)7-5-6-14-22-15-17-23(18-16-22)20-8-3-2-4-9-20/h2-4,8-13H,15-18H2,1H3. The van der Waals surface area contributed by atoms with Crippen LogP contribution in [0.4, 0.5) is 5.69 Å². The maximum atomic E-state index is 5.13. The van der Waals surface area contributed by atoms with Crippen molar-refractivity contribution < 1.29 is 4.74 Å². The number of methoxy groups -OCH3 is 1. The molecule has 0 radical (unpaired) electrons. The molecule has 1 fully saturated rings. The first-order valence-corrected chi connectivity index (χ1v) is 8.06. The van der Waals surface area contributed by atoms with Gasteiger partial charge in [0.05, 0.1) is 7.11 Å². The molecule has 0 unspecified atom stereocenters. The summed E-state index contributed by atoms with van der Waals surface area (Å²) in [4.78, 5) is 4.53. The van der Waals surface area contributed by atoms with Crippen molar-refractivity contribution in [2.24, 2.45) is 0 Å². The summed E-state index contributed by atoms with van der Waals surface area (Å²) in [6.45, 7) is 3.85. The molecule has 0 bridgehead atoms. The van der Waals surface area contributed by atoms with Crippen molar-refractivity contribution in [2.75, 3.05) is 38.2 Å². The normalized spacial score (nSPS) is 13.4. The Labute approximate surface area is 143 Å². The number of ether oxygens (including phenoxy) is 1. The van der Waals surface area contributed by atoms with Crippen LogP contribution < -0.4 is 9.64 Å². The second kappa shape index (κ2) is 7.99. The van der Waals surface area contributed by atoms with E-state index < -0.39 is 0 Å². The third kappa shape index (κ3) is 4.24. The van der Waals surface area contributed by atoms with Crippen LogP contribution in [0.3, 0.4) is 0 Å². The predicted molar refractivity (Wildman–Crippen MR) is 97.9 cm³/mol. The minimum Gasteiger partial charge on any atom is -0.497 e. The molecular weight excluding hydrogens is 296 g/mol. The zero-order chi connectivity index (χ0) is 16.6. The molecule has 3 nitrogen and oxygen atoms in total. The summed E-state index contributed by atoms with van der Waals surface area (Å²) in [6, 6.07) is 21.3. The van der Waals surface area contributed by atoms with E-state index in [1.165, 1.54) is 5.69 Å². The number of piperazine rings is 1. The Hall–Kier alpha value is -3.04. The Morgan fingerprint density at radius 2 is 1.54 bits per heavy atom. The molecule has 1 saturated heterocycles. The minimum absolute atomic E-state index is 0.836. The summed E-state index contributed by atoms with van der Waals surface area (Å²) >= 11 is 0. The highest BCUT2D eigenvalue weighted by molar-refractivity contribution is 5.46. The van der Waals surface area contributed by atoms with Gasteiger partial charge in [0.25, 0.3) is 0 Å². The maximum Gasteiger partial charge on any atom is 0.118 e. The van der Waals surface area contributed by atoms with E-state index in [0.29, 0.717) is 0 Å². The highest BCUT2D eigenvalue weighted by atomic mass is 16.5. The fourth-order valence-electron chi connectivity index (χ4n) is 2.60. The van der Waals surface area contributed by atoms with E-state index in [9.17, 15) is 0 Å². The number of para-hydroxylation sites is 1. The van der Waals surface area contributed by atoms with Gasteiger partial charge in [0.1, 0.15) is 5.75 Å². The Balaban J connectivity index is 1.52. The lowest BCUT2D eigenvalue weighted by Gasteiger charge is -2.34. The Bertz CT molecular complexity index is 768. The monoisotopic (exact) mass is 316 g/mol. The molecule has 0 aromatic heterocycles. The van der Waals surface area contributed by atoms with Gasteiger partial charge >= 0.3 is 0 Å². The number of rotatable bonds is 2. The zero-order valence-corrected chi connectivity index (χ0v) is 13.8. The summed E-state index contributed by atoms with van der Waals surface area (Å²) in [6.07, 6.45) is 0. The summed E-state index contributed by atoms with van der Waals surface area (Å²) < 4.78 is 5.13. The van der Waals surface area contributed by atoms with Crippen molar-refractivity contribution in [1.29, 1.82) is 0 Å². The zero-order valence-electron chi connectivity index (χ0n) is 13.8. The molecule has 1 aliphatic heterocycles. The van der Waals surface area contributed by atoms with Gasteiger partial charge in [0.15, 0.2) is 0 Å².